The van der Waals surface area contributed by atoms with Crippen molar-refractivity contribution in [1.82, 2.24) is 0 Å². The van der Waals surface area contributed by atoms with E-state index in [1.54, 1.807) is 0 Å². The molecule has 0 fully saturated rings. The fourth-order valence-electron chi connectivity index (χ4n) is 7.88. The van der Waals surface area contributed by atoms with E-state index in [0.717, 1.165) is 51.4 Å². The number of unbranched alkanes of at least 4 members (excludes halogenated alkanes) is 28. The van der Waals surface area contributed by atoms with Crippen LogP contribution in [-0.4, -0.2) is 80.6 Å². The largest absolute Gasteiger partial charge is 0.477 e. The second-order valence-electron chi connectivity index (χ2n) is 19.1. The number of carbonyl (C=O) groups excluding carboxylic acids is 2. The quantitative estimate of drug-likeness (QED) is 0.0281. The van der Waals surface area contributed by atoms with Gasteiger partial charge >= 0.3 is 17.9 Å². The minimum absolute atomic E-state index is 0.0546. The van der Waals surface area contributed by atoms with Crippen LogP contribution in [0.3, 0.4) is 0 Å². The first kappa shape index (κ1) is 60.5. The Bertz CT molecular complexity index is 1130. The molecule has 0 rings (SSSR count). The Hall–Kier alpha value is -2.45. The Morgan fingerprint density at radius 2 is 0.841 bits per heavy atom. The third-order valence-corrected chi connectivity index (χ3v) is 12.0. The highest BCUT2D eigenvalue weighted by atomic mass is 16.6. The second-order valence-corrected chi connectivity index (χ2v) is 19.1. The Morgan fingerprint density at radius 1 is 0.476 bits per heavy atom. The number of carbonyl (C=O) groups is 3. The molecule has 0 aliphatic carbocycles. The van der Waals surface area contributed by atoms with Crippen molar-refractivity contribution in [2.45, 2.75) is 257 Å². The molecule has 0 amide bonds. The predicted molar refractivity (Wildman–Crippen MR) is 266 cm³/mol. The van der Waals surface area contributed by atoms with Crippen molar-refractivity contribution >= 4 is 17.9 Å². The smallest absolute Gasteiger partial charge is 0.362 e. The van der Waals surface area contributed by atoms with Gasteiger partial charge in [0.05, 0.1) is 34.4 Å². The summed E-state index contributed by atoms with van der Waals surface area (Å²) in [5.41, 5.74) is 0. The number of aliphatic carboxylic acids is 1. The number of hydrogen-bond donors (Lipinski definition) is 1. The van der Waals surface area contributed by atoms with Crippen molar-refractivity contribution in [2.24, 2.45) is 0 Å². The van der Waals surface area contributed by atoms with Gasteiger partial charge in [-0.25, -0.2) is 4.79 Å². The van der Waals surface area contributed by atoms with Crippen LogP contribution in [0.25, 0.3) is 0 Å². The second kappa shape index (κ2) is 46.1. The molecule has 2 atom stereocenters. The summed E-state index contributed by atoms with van der Waals surface area (Å²) in [6.07, 6.45) is 54.8. The molecule has 0 saturated heterocycles. The van der Waals surface area contributed by atoms with E-state index in [1.807, 2.05) is 21.1 Å². The summed E-state index contributed by atoms with van der Waals surface area (Å²) in [5, 5.41) is 9.66. The van der Waals surface area contributed by atoms with Gasteiger partial charge in [0.1, 0.15) is 6.61 Å². The van der Waals surface area contributed by atoms with Crippen LogP contribution in [0, 0.1) is 0 Å². The lowest BCUT2D eigenvalue weighted by Gasteiger charge is -2.31. The summed E-state index contributed by atoms with van der Waals surface area (Å²) < 4.78 is 17.4. The number of esters is 2. The Balaban J connectivity index is 4.21. The van der Waals surface area contributed by atoms with Crippen LogP contribution in [0.4, 0.5) is 0 Å². The maximum Gasteiger partial charge on any atom is 0.362 e. The SMILES string of the molecule is CCCCC/C=C/C/C=C/CCCCCCCCCC(=O)OC(COCCC(C(=O)O)[N+](C)(C)C)COC(=O)CCCCCCCCC/C=C/CCCCCCCCCCCCC. The minimum Gasteiger partial charge on any atom is -0.477 e. The average molecular weight is 889 g/mol. The molecule has 368 valence electrons. The van der Waals surface area contributed by atoms with Gasteiger partial charge < -0.3 is 23.8 Å². The van der Waals surface area contributed by atoms with Crippen molar-refractivity contribution in [3.63, 3.8) is 0 Å². The Kier molecular flexibility index (Phi) is 44.3. The molecule has 0 bridgehead atoms. The van der Waals surface area contributed by atoms with Crippen LogP contribution in [0.1, 0.15) is 245 Å². The van der Waals surface area contributed by atoms with Gasteiger partial charge in [-0.1, -0.05) is 192 Å². The Labute approximate surface area is 389 Å². The van der Waals surface area contributed by atoms with Crippen LogP contribution in [0.15, 0.2) is 36.5 Å². The number of nitrogens with zero attached hydrogens (tertiary/aromatic N) is 1. The highest BCUT2D eigenvalue weighted by molar-refractivity contribution is 5.72. The Morgan fingerprint density at radius 3 is 1.27 bits per heavy atom. The molecule has 0 aromatic heterocycles. The fraction of sp³-hybridized carbons (Fsp3) is 0.836. The van der Waals surface area contributed by atoms with Crippen LogP contribution in [0.5, 0.6) is 0 Å². The number of allylic oxidation sites excluding steroid dienone is 6. The van der Waals surface area contributed by atoms with Crippen molar-refractivity contribution in [3.8, 4) is 0 Å². The normalized spacial score (nSPS) is 13.1. The lowest BCUT2D eigenvalue weighted by atomic mass is 10.0. The number of rotatable bonds is 48. The third kappa shape index (κ3) is 44.5. The monoisotopic (exact) mass is 889 g/mol. The van der Waals surface area contributed by atoms with Gasteiger partial charge in [0.15, 0.2) is 12.1 Å². The molecular weight excluding hydrogens is 787 g/mol. The van der Waals surface area contributed by atoms with Crippen molar-refractivity contribution in [1.29, 1.82) is 0 Å². The van der Waals surface area contributed by atoms with E-state index >= 15 is 0 Å². The highest BCUT2D eigenvalue weighted by Crippen LogP contribution is 2.15. The van der Waals surface area contributed by atoms with Gasteiger partial charge in [0, 0.05) is 19.3 Å². The summed E-state index contributed by atoms with van der Waals surface area (Å²) in [4.78, 5) is 37.2. The first-order valence-electron chi connectivity index (χ1n) is 26.5. The molecule has 0 spiro atoms. The number of likely N-dealkylation sites (N-methyl/N-ethyl adjacent to an activating group) is 1. The molecule has 0 heterocycles. The molecule has 0 aliphatic heterocycles. The van der Waals surface area contributed by atoms with Crippen LogP contribution >= 0.6 is 0 Å². The molecule has 0 saturated carbocycles. The lowest BCUT2D eigenvalue weighted by Crippen LogP contribution is -2.50. The summed E-state index contributed by atoms with van der Waals surface area (Å²) in [7, 11) is 5.54. The summed E-state index contributed by atoms with van der Waals surface area (Å²) in [6.45, 7) is 4.73. The van der Waals surface area contributed by atoms with Gasteiger partial charge in [-0.05, 0) is 70.6 Å². The molecular formula is C55H102NO7+. The van der Waals surface area contributed by atoms with Gasteiger partial charge in [0.25, 0.3) is 0 Å². The van der Waals surface area contributed by atoms with Gasteiger partial charge in [-0.15, -0.1) is 0 Å². The zero-order chi connectivity index (χ0) is 46.3. The van der Waals surface area contributed by atoms with E-state index in [1.165, 1.54) is 161 Å². The van der Waals surface area contributed by atoms with Gasteiger partial charge in [-0.3, -0.25) is 9.59 Å². The van der Waals surface area contributed by atoms with Crippen molar-refractivity contribution < 1.29 is 38.2 Å². The van der Waals surface area contributed by atoms with E-state index in [9.17, 15) is 19.5 Å². The first-order chi connectivity index (χ1) is 30.6. The molecule has 0 aromatic carbocycles. The van der Waals surface area contributed by atoms with Gasteiger partial charge in [-0.2, -0.15) is 0 Å². The maximum atomic E-state index is 12.8. The van der Waals surface area contributed by atoms with Crippen LogP contribution < -0.4 is 0 Å². The molecule has 8 heteroatoms. The van der Waals surface area contributed by atoms with E-state index in [0.29, 0.717) is 19.3 Å². The third-order valence-electron chi connectivity index (χ3n) is 12.0. The van der Waals surface area contributed by atoms with E-state index in [-0.39, 0.29) is 36.2 Å². The topological polar surface area (TPSA) is 99.1 Å². The number of quaternary nitrogens is 1. The summed E-state index contributed by atoms with van der Waals surface area (Å²) in [5.74, 6) is -1.47. The number of carboxylic acid groups (broad SMARTS) is 1. The fourth-order valence-corrected chi connectivity index (χ4v) is 7.88. The van der Waals surface area contributed by atoms with Crippen molar-refractivity contribution in [3.05, 3.63) is 36.5 Å². The standard InChI is InChI=1S/C55H101NO7/c1-6-8-10-12-14-16-18-20-22-24-25-26-27-28-30-31-33-35-37-39-41-43-45-53(57)62-50-51(49-61-48-47-52(55(59)60)56(3,4)5)63-54(58)46-44-42-40-38-36-34-32-29-23-21-19-17-15-13-11-9-7-2/h15,17,21,23,27-28,51-52H,6-14,16,18-20,22,24-26,29-50H2,1-5H3/p+1/b17-15+,23-21+,28-27+. The molecule has 0 aliphatic rings. The van der Waals surface area contributed by atoms with E-state index in [2.05, 4.69) is 50.3 Å². The zero-order valence-electron chi connectivity index (χ0n) is 42.0. The first-order valence-corrected chi connectivity index (χ1v) is 26.5. The maximum absolute atomic E-state index is 12.8. The van der Waals surface area contributed by atoms with Crippen LogP contribution in [-0.2, 0) is 28.6 Å². The predicted octanol–water partition coefficient (Wildman–Crippen LogP) is 15.4. The van der Waals surface area contributed by atoms with Crippen LogP contribution in [0.2, 0.25) is 0 Å². The summed E-state index contributed by atoms with van der Waals surface area (Å²) in [6, 6.07) is -0.617. The zero-order valence-corrected chi connectivity index (χ0v) is 42.0. The molecule has 63 heavy (non-hydrogen) atoms. The van der Waals surface area contributed by atoms with Gasteiger partial charge in [0.2, 0.25) is 0 Å². The average Bonchev–Trinajstić information content (AvgIpc) is 3.24. The lowest BCUT2D eigenvalue weighted by molar-refractivity contribution is -0.887. The minimum atomic E-state index is -0.875. The molecule has 1 N–H and O–H groups in total. The molecule has 0 aromatic rings. The van der Waals surface area contributed by atoms with Crippen molar-refractivity contribution in [2.75, 3.05) is 41.0 Å². The summed E-state index contributed by atoms with van der Waals surface area (Å²) >= 11 is 0. The highest BCUT2D eigenvalue weighted by Gasteiger charge is 2.31. The number of ether oxygens (including phenoxy) is 3. The number of carboxylic acids is 1. The molecule has 2 unspecified atom stereocenters. The van der Waals surface area contributed by atoms with E-state index < -0.39 is 18.1 Å². The number of hydrogen-bond acceptors (Lipinski definition) is 6. The molecule has 0 radical (unpaired) electrons. The molecule has 8 nitrogen and oxygen atoms in total. The van der Waals surface area contributed by atoms with E-state index in [4.69, 9.17) is 14.2 Å².